The highest BCUT2D eigenvalue weighted by molar-refractivity contribution is 5.51. The second-order valence-electron chi connectivity index (χ2n) is 3.59. The summed E-state index contributed by atoms with van der Waals surface area (Å²) in [6.07, 6.45) is 2.16. The van der Waals surface area contributed by atoms with Crippen molar-refractivity contribution in [3.63, 3.8) is 0 Å². The summed E-state index contributed by atoms with van der Waals surface area (Å²) in [6.45, 7) is 2.03. The van der Waals surface area contributed by atoms with Crippen molar-refractivity contribution in [1.29, 1.82) is 0 Å². The van der Waals surface area contributed by atoms with Gasteiger partial charge in [-0.1, -0.05) is 0 Å². The molecule has 0 aromatic heterocycles. The molecule has 0 aliphatic carbocycles. The largest absolute Gasteiger partial charge is 0.508 e. The smallest absolute Gasteiger partial charge is 0.130 e. The van der Waals surface area contributed by atoms with Crippen molar-refractivity contribution in [3.05, 3.63) is 17.7 Å². The number of methoxy groups -OCH3 is 1. The molecule has 1 heterocycles. The third-order valence-corrected chi connectivity index (χ3v) is 2.50. The van der Waals surface area contributed by atoms with E-state index in [0.717, 1.165) is 24.2 Å². The Kier molecular flexibility index (Phi) is 2.23. The third kappa shape index (κ3) is 1.50. The van der Waals surface area contributed by atoms with Gasteiger partial charge in [0.05, 0.1) is 13.2 Å². The standard InChI is InChI=1S/C11H14O3/c1-7-3-4-9-10(13-2)5-8(12)6-11(9)14-7/h5-7,12H,3-4H2,1-2H3. The Hall–Kier alpha value is -1.38. The SMILES string of the molecule is COc1cc(O)cc2c1CCC(C)O2. The molecular formula is C11H14O3. The molecule has 0 saturated carbocycles. The highest BCUT2D eigenvalue weighted by atomic mass is 16.5. The lowest BCUT2D eigenvalue weighted by atomic mass is 10.0. The topological polar surface area (TPSA) is 38.7 Å². The van der Waals surface area contributed by atoms with Gasteiger partial charge in [-0.2, -0.15) is 0 Å². The Morgan fingerprint density at radius 1 is 1.50 bits per heavy atom. The summed E-state index contributed by atoms with van der Waals surface area (Å²) in [6, 6.07) is 3.27. The molecule has 1 aliphatic heterocycles. The van der Waals surface area contributed by atoms with Crippen molar-refractivity contribution in [3.8, 4) is 17.2 Å². The fraction of sp³-hybridized carbons (Fsp3) is 0.455. The zero-order valence-electron chi connectivity index (χ0n) is 8.41. The Balaban J connectivity index is 2.46. The van der Waals surface area contributed by atoms with Crippen LogP contribution in [0.2, 0.25) is 0 Å². The first kappa shape index (κ1) is 9.19. The van der Waals surface area contributed by atoms with Gasteiger partial charge in [0.1, 0.15) is 17.2 Å². The van der Waals surface area contributed by atoms with Gasteiger partial charge in [-0.15, -0.1) is 0 Å². The number of hydrogen-bond acceptors (Lipinski definition) is 3. The van der Waals surface area contributed by atoms with Crippen LogP contribution in [0.25, 0.3) is 0 Å². The lowest BCUT2D eigenvalue weighted by Gasteiger charge is -2.24. The molecule has 14 heavy (non-hydrogen) atoms. The third-order valence-electron chi connectivity index (χ3n) is 2.50. The maximum atomic E-state index is 9.43. The van der Waals surface area contributed by atoms with Gasteiger partial charge < -0.3 is 14.6 Å². The number of hydrogen-bond donors (Lipinski definition) is 1. The van der Waals surface area contributed by atoms with Crippen LogP contribution in [-0.2, 0) is 6.42 Å². The minimum absolute atomic E-state index is 0.190. The Labute approximate surface area is 83.3 Å². The van der Waals surface area contributed by atoms with E-state index in [1.807, 2.05) is 6.92 Å². The van der Waals surface area contributed by atoms with E-state index in [-0.39, 0.29) is 11.9 Å². The van der Waals surface area contributed by atoms with Crippen LogP contribution >= 0.6 is 0 Å². The molecule has 2 rings (SSSR count). The molecule has 3 heteroatoms. The Morgan fingerprint density at radius 3 is 3.00 bits per heavy atom. The van der Waals surface area contributed by atoms with Crippen LogP contribution in [-0.4, -0.2) is 18.3 Å². The van der Waals surface area contributed by atoms with Gasteiger partial charge in [-0.05, 0) is 19.8 Å². The van der Waals surface area contributed by atoms with Crippen LogP contribution in [0.1, 0.15) is 18.9 Å². The van der Waals surface area contributed by atoms with Gasteiger partial charge in [-0.3, -0.25) is 0 Å². The van der Waals surface area contributed by atoms with Gasteiger partial charge in [0.15, 0.2) is 0 Å². The van der Waals surface area contributed by atoms with Crippen LogP contribution < -0.4 is 9.47 Å². The zero-order valence-corrected chi connectivity index (χ0v) is 8.41. The summed E-state index contributed by atoms with van der Waals surface area (Å²) in [5.74, 6) is 1.65. The lowest BCUT2D eigenvalue weighted by Crippen LogP contribution is -2.19. The molecular weight excluding hydrogens is 180 g/mol. The zero-order chi connectivity index (χ0) is 10.1. The quantitative estimate of drug-likeness (QED) is 0.744. The maximum Gasteiger partial charge on any atom is 0.130 e. The number of fused-ring (bicyclic) bond motifs is 1. The van der Waals surface area contributed by atoms with Crippen LogP contribution in [0.4, 0.5) is 0 Å². The monoisotopic (exact) mass is 194 g/mol. The molecule has 1 aliphatic rings. The summed E-state index contributed by atoms with van der Waals surface area (Å²) in [5, 5.41) is 9.43. The minimum atomic E-state index is 0.190. The van der Waals surface area contributed by atoms with Crippen molar-refractivity contribution >= 4 is 0 Å². The molecule has 0 radical (unpaired) electrons. The second kappa shape index (κ2) is 3.40. The molecule has 76 valence electrons. The van der Waals surface area contributed by atoms with E-state index in [1.54, 1.807) is 19.2 Å². The van der Waals surface area contributed by atoms with Crippen LogP contribution in [0.3, 0.4) is 0 Å². The van der Waals surface area contributed by atoms with E-state index in [1.165, 1.54) is 0 Å². The van der Waals surface area contributed by atoms with Crippen LogP contribution in [0, 0.1) is 0 Å². The van der Waals surface area contributed by atoms with E-state index >= 15 is 0 Å². The van der Waals surface area contributed by atoms with Crippen molar-refractivity contribution in [2.24, 2.45) is 0 Å². The predicted molar refractivity (Wildman–Crippen MR) is 53.1 cm³/mol. The van der Waals surface area contributed by atoms with Crippen molar-refractivity contribution in [2.75, 3.05) is 7.11 Å². The van der Waals surface area contributed by atoms with Crippen molar-refractivity contribution in [2.45, 2.75) is 25.9 Å². The molecule has 0 bridgehead atoms. The molecule has 0 fully saturated rings. The molecule has 1 unspecified atom stereocenters. The number of phenolic OH excluding ortho intramolecular Hbond substituents is 1. The summed E-state index contributed by atoms with van der Waals surface area (Å²) >= 11 is 0. The molecule has 1 N–H and O–H groups in total. The molecule has 0 saturated heterocycles. The number of aromatic hydroxyl groups is 1. The molecule has 1 atom stereocenters. The molecule has 1 aromatic carbocycles. The van der Waals surface area contributed by atoms with E-state index in [4.69, 9.17) is 9.47 Å². The highest BCUT2D eigenvalue weighted by Crippen LogP contribution is 2.38. The average Bonchev–Trinajstić information content (AvgIpc) is 2.15. The summed E-state index contributed by atoms with van der Waals surface area (Å²) in [4.78, 5) is 0. The summed E-state index contributed by atoms with van der Waals surface area (Å²) in [7, 11) is 1.60. The number of rotatable bonds is 1. The highest BCUT2D eigenvalue weighted by Gasteiger charge is 2.20. The lowest BCUT2D eigenvalue weighted by molar-refractivity contribution is 0.189. The Morgan fingerprint density at radius 2 is 2.29 bits per heavy atom. The molecule has 3 nitrogen and oxygen atoms in total. The average molecular weight is 194 g/mol. The van der Waals surface area contributed by atoms with E-state index in [9.17, 15) is 5.11 Å². The van der Waals surface area contributed by atoms with Gasteiger partial charge >= 0.3 is 0 Å². The van der Waals surface area contributed by atoms with E-state index in [0.29, 0.717) is 5.75 Å². The molecule has 1 aromatic rings. The summed E-state index contributed by atoms with van der Waals surface area (Å²) in [5.41, 5.74) is 1.06. The van der Waals surface area contributed by atoms with Gasteiger partial charge in [0.2, 0.25) is 0 Å². The number of benzene rings is 1. The predicted octanol–water partition coefficient (Wildman–Crippen LogP) is 2.11. The fourth-order valence-corrected chi connectivity index (χ4v) is 1.76. The van der Waals surface area contributed by atoms with E-state index < -0.39 is 0 Å². The maximum absolute atomic E-state index is 9.43. The first-order valence-corrected chi connectivity index (χ1v) is 4.77. The molecule has 0 amide bonds. The normalized spacial score (nSPS) is 19.7. The fourth-order valence-electron chi connectivity index (χ4n) is 1.76. The first-order valence-electron chi connectivity index (χ1n) is 4.77. The van der Waals surface area contributed by atoms with Crippen molar-refractivity contribution in [1.82, 2.24) is 0 Å². The number of ether oxygens (including phenoxy) is 2. The summed E-state index contributed by atoms with van der Waals surface area (Å²) < 4.78 is 10.8. The Bertz CT molecular complexity index is 347. The van der Waals surface area contributed by atoms with Crippen LogP contribution in [0.15, 0.2) is 12.1 Å². The second-order valence-corrected chi connectivity index (χ2v) is 3.59. The number of phenols is 1. The minimum Gasteiger partial charge on any atom is -0.508 e. The van der Waals surface area contributed by atoms with E-state index in [2.05, 4.69) is 0 Å². The van der Waals surface area contributed by atoms with Gasteiger partial charge in [0.25, 0.3) is 0 Å². The first-order chi connectivity index (χ1) is 6.70. The van der Waals surface area contributed by atoms with Crippen LogP contribution in [0.5, 0.6) is 17.2 Å². The van der Waals surface area contributed by atoms with Crippen molar-refractivity contribution < 1.29 is 14.6 Å². The molecule has 0 spiro atoms. The van der Waals surface area contributed by atoms with Gasteiger partial charge in [-0.25, -0.2) is 0 Å². The van der Waals surface area contributed by atoms with Gasteiger partial charge in [0, 0.05) is 17.7 Å².